The molecule has 0 radical (unpaired) electrons. The Hall–Kier alpha value is -0.130. The molecule has 2 rings (SSSR count). The molecule has 0 spiro atoms. The normalized spacial score (nSPS) is 23.4. The quantitative estimate of drug-likeness (QED) is 0.838. The largest absolute Gasteiger partial charge is 0.372 e. The molecular weight excluding hydrogens is 280 g/mol. The van der Waals surface area contributed by atoms with Crippen molar-refractivity contribution in [1.29, 1.82) is 0 Å². The van der Waals surface area contributed by atoms with Gasteiger partial charge in [-0.1, -0.05) is 18.5 Å². The summed E-state index contributed by atoms with van der Waals surface area (Å²) < 4.78 is 6.92. The summed E-state index contributed by atoms with van der Waals surface area (Å²) in [6.45, 7) is 6.08. The molecule has 5 heteroatoms. The molecule has 1 saturated heterocycles. The Balaban J connectivity index is 1.70. The summed E-state index contributed by atoms with van der Waals surface area (Å²) in [5, 5.41) is 3.36. The lowest BCUT2D eigenvalue weighted by Crippen LogP contribution is -2.31. The van der Waals surface area contributed by atoms with Crippen molar-refractivity contribution in [2.45, 2.75) is 38.5 Å². The highest BCUT2D eigenvalue weighted by molar-refractivity contribution is 7.16. The molecule has 3 nitrogen and oxygen atoms in total. The molecule has 1 aromatic rings. The highest BCUT2D eigenvalue weighted by atomic mass is 35.5. The van der Waals surface area contributed by atoms with Crippen LogP contribution in [0.2, 0.25) is 4.34 Å². The van der Waals surface area contributed by atoms with Crippen LogP contribution in [0.1, 0.15) is 24.6 Å². The zero-order valence-corrected chi connectivity index (χ0v) is 13.3. The van der Waals surface area contributed by atoms with Crippen molar-refractivity contribution < 1.29 is 4.74 Å². The Kier molecular flexibility index (Phi) is 6.10. The van der Waals surface area contributed by atoms with Crippen molar-refractivity contribution in [1.82, 2.24) is 10.2 Å². The third kappa shape index (κ3) is 5.04. The minimum Gasteiger partial charge on any atom is -0.372 e. The fourth-order valence-corrected chi connectivity index (χ4v) is 3.65. The number of hydrogen-bond donors (Lipinski definition) is 1. The molecular formula is C14H23ClN2OS. The van der Waals surface area contributed by atoms with Gasteiger partial charge in [0.25, 0.3) is 0 Å². The van der Waals surface area contributed by atoms with E-state index in [0.717, 1.165) is 30.5 Å². The molecule has 0 bridgehead atoms. The summed E-state index contributed by atoms with van der Waals surface area (Å²) in [6.07, 6.45) is 3.13. The number of ether oxygens (including phenoxy) is 1. The maximum atomic E-state index is 6.05. The lowest BCUT2D eigenvalue weighted by molar-refractivity contribution is 0.0271. The zero-order valence-electron chi connectivity index (χ0n) is 11.7. The number of rotatable bonds is 7. The highest BCUT2D eigenvalue weighted by Gasteiger charge is 2.25. The molecule has 19 heavy (non-hydrogen) atoms. The Morgan fingerprint density at radius 2 is 2.21 bits per heavy atom. The van der Waals surface area contributed by atoms with Crippen LogP contribution in [0, 0.1) is 0 Å². The Bertz CT molecular complexity index is 385. The van der Waals surface area contributed by atoms with Gasteiger partial charge in [0.05, 0.1) is 16.5 Å². The predicted molar refractivity (Wildman–Crippen MR) is 82.1 cm³/mol. The topological polar surface area (TPSA) is 24.5 Å². The van der Waals surface area contributed by atoms with Gasteiger partial charge >= 0.3 is 0 Å². The van der Waals surface area contributed by atoms with E-state index < -0.39 is 0 Å². The maximum absolute atomic E-state index is 6.05. The van der Waals surface area contributed by atoms with Gasteiger partial charge in [0.2, 0.25) is 0 Å². The fourth-order valence-electron chi connectivity index (χ4n) is 2.48. The van der Waals surface area contributed by atoms with Gasteiger partial charge in [-0.2, -0.15) is 0 Å². The summed E-state index contributed by atoms with van der Waals surface area (Å²) in [5.74, 6) is 0. The van der Waals surface area contributed by atoms with Crippen LogP contribution in [0.3, 0.4) is 0 Å². The van der Waals surface area contributed by atoms with Crippen LogP contribution in [0.15, 0.2) is 12.1 Å². The average Bonchev–Trinajstić information content (AvgIpc) is 2.96. The van der Waals surface area contributed by atoms with Gasteiger partial charge in [-0.25, -0.2) is 0 Å². The number of hydrogen-bond acceptors (Lipinski definition) is 4. The minimum atomic E-state index is 0.379. The van der Waals surface area contributed by atoms with Crippen LogP contribution in [-0.4, -0.2) is 43.8 Å². The van der Waals surface area contributed by atoms with E-state index in [1.807, 2.05) is 6.07 Å². The van der Waals surface area contributed by atoms with Crippen LogP contribution in [0.5, 0.6) is 0 Å². The van der Waals surface area contributed by atoms with E-state index in [4.69, 9.17) is 16.3 Å². The van der Waals surface area contributed by atoms with E-state index in [1.165, 1.54) is 17.7 Å². The average molecular weight is 303 g/mol. The van der Waals surface area contributed by atoms with Crippen molar-refractivity contribution >= 4 is 22.9 Å². The van der Waals surface area contributed by atoms with Crippen LogP contribution < -0.4 is 5.32 Å². The SMILES string of the molecule is CCNCC1CCC(CN(C)Cc2ccc(Cl)s2)O1. The molecule has 0 saturated carbocycles. The van der Waals surface area contributed by atoms with Crippen LogP contribution in [0.25, 0.3) is 0 Å². The van der Waals surface area contributed by atoms with Gasteiger partial charge in [0.15, 0.2) is 0 Å². The van der Waals surface area contributed by atoms with Crippen molar-refractivity contribution in [3.8, 4) is 0 Å². The molecule has 0 amide bonds. The lowest BCUT2D eigenvalue weighted by atomic mass is 10.2. The smallest absolute Gasteiger partial charge is 0.0931 e. The van der Waals surface area contributed by atoms with Crippen molar-refractivity contribution in [3.05, 3.63) is 21.3 Å². The van der Waals surface area contributed by atoms with Gasteiger partial charge in [-0.3, -0.25) is 4.90 Å². The van der Waals surface area contributed by atoms with E-state index in [2.05, 4.69) is 30.3 Å². The third-order valence-electron chi connectivity index (χ3n) is 3.39. The number of likely N-dealkylation sites (N-methyl/N-ethyl adjacent to an activating group) is 2. The molecule has 1 fully saturated rings. The first-order valence-electron chi connectivity index (χ1n) is 6.96. The maximum Gasteiger partial charge on any atom is 0.0931 e. The van der Waals surface area contributed by atoms with Gasteiger partial charge in [-0.15, -0.1) is 11.3 Å². The van der Waals surface area contributed by atoms with E-state index in [-0.39, 0.29) is 0 Å². The molecule has 1 N–H and O–H groups in total. The van der Waals surface area contributed by atoms with Crippen LogP contribution in [0.4, 0.5) is 0 Å². The van der Waals surface area contributed by atoms with Crippen LogP contribution >= 0.6 is 22.9 Å². The van der Waals surface area contributed by atoms with Crippen molar-refractivity contribution in [3.63, 3.8) is 0 Å². The molecule has 2 unspecified atom stereocenters. The fraction of sp³-hybridized carbons (Fsp3) is 0.714. The number of nitrogens with zero attached hydrogens (tertiary/aromatic N) is 1. The molecule has 0 aliphatic carbocycles. The van der Waals surface area contributed by atoms with Gasteiger partial charge in [0, 0.05) is 24.5 Å². The van der Waals surface area contributed by atoms with E-state index in [1.54, 1.807) is 11.3 Å². The number of nitrogens with one attached hydrogen (secondary N) is 1. The second-order valence-electron chi connectivity index (χ2n) is 5.17. The molecule has 0 aromatic carbocycles. The van der Waals surface area contributed by atoms with E-state index in [0.29, 0.717) is 12.2 Å². The summed E-state index contributed by atoms with van der Waals surface area (Å²) in [5.41, 5.74) is 0. The van der Waals surface area contributed by atoms with Gasteiger partial charge in [0.1, 0.15) is 0 Å². The van der Waals surface area contributed by atoms with Gasteiger partial charge < -0.3 is 10.1 Å². The van der Waals surface area contributed by atoms with Crippen LogP contribution in [-0.2, 0) is 11.3 Å². The first kappa shape index (κ1) is 15.3. The highest BCUT2D eigenvalue weighted by Crippen LogP contribution is 2.24. The minimum absolute atomic E-state index is 0.379. The van der Waals surface area contributed by atoms with Gasteiger partial charge in [-0.05, 0) is 38.6 Å². The third-order valence-corrected chi connectivity index (χ3v) is 4.60. The number of halogens is 1. The van der Waals surface area contributed by atoms with E-state index in [9.17, 15) is 0 Å². The summed E-state index contributed by atoms with van der Waals surface area (Å²) >= 11 is 7.61. The first-order chi connectivity index (χ1) is 9.17. The monoisotopic (exact) mass is 302 g/mol. The number of thiophene rings is 1. The molecule has 1 aliphatic rings. The molecule has 2 atom stereocenters. The summed E-state index contributed by atoms with van der Waals surface area (Å²) in [6, 6.07) is 4.07. The molecule has 2 heterocycles. The van der Waals surface area contributed by atoms with E-state index >= 15 is 0 Å². The Labute approximate surface area is 124 Å². The second-order valence-corrected chi connectivity index (χ2v) is 6.97. The Morgan fingerprint density at radius 1 is 1.42 bits per heavy atom. The zero-order chi connectivity index (χ0) is 13.7. The molecule has 108 valence electrons. The van der Waals surface area contributed by atoms with Crippen molar-refractivity contribution in [2.75, 3.05) is 26.7 Å². The standard InChI is InChI=1S/C14H23ClN2OS/c1-3-16-8-11-4-5-12(18-11)9-17(2)10-13-6-7-14(15)19-13/h6-7,11-12,16H,3-5,8-10H2,1-2H3. The molecule has 1 aliphatic heterocycles. The molecule has 1 aromatic heterocycles. The summed E-state index contributed by atoms with van der Waals surface area (Å²) in [7, 11) is 2.15. The second kappa shape index (κ2) is 7.60. The first-order valence-corrected chi connectivity index (χ1v) is 8.15. The summed E-state index contributed by atoms with van der Waals surface area (Å²) in [4.78, 5) is 3.64. The lowest BCUT2D eigenvalue weighted by Gasteiger charge is -2.21. The Morgan fingerprint density at radius 3 is 2.89 bits per heavy atom. The van der Waals surface area contributed by atoms with Crippen molar-refractivity contribution in [2.24, 2.45) is 0 Å². The predicted octanol–water partition coefficient (Wildman–Crippen LogP) is 2.99.